The van der Waals surface area contributed by atoms with E-state index < -0.39 is 6.10 Å². The highest BCUT2D eigenvalue weighted by molar-refractivity contribution is 5.95. The first-order chi connectivity index (χ1) is 20.5. The van der Waals surface area contributed by atoms with E-state index in [9.17, 15) is 14.7 Å². The van der Waals surface area contributed by atoms with Crippen molar-refractivity contribution in [2.24, 2.45) is 11.3 Å². The van der Waals surface area contributed by atoms with Crippen LogP contribution in [0.5, 0.6) is 5.75 Å². The lowest BCUT2D eigenvalue weighted by molar-refractivity contribution is 0.0343. The largest absolute Gasteiger partial charge is 0.487 e. The minimum absolute atomic E-state index is 0.0310. The minimum atomic E-state index is -0.621. The molecule has 1 aromatic heterocycles. The zero-order chi connectivity index (χ0) is 30.6. The van der Waals surface area contributed by atoms with Gasteiger partial charge >= 0.3 is 0 Å². The molecule has 1 aliphatic heterocycles. The van der Waals surface area contributed by atoms with E-state index in [2.05, 4.69) is 58.0 Å². The molecule has 43 heavy (non-hydrogen) atoms. The number of ketones is 1. The van der Waals surface area contributed by atoms with E-state index >= 15 is 0 Å². The highest BCUT2D eigenvalue weighted by atomic mass is 16.5. The molecule has 3 aromatic rings. The first-order valence-electron chi connectivity index (χ1n) is 16.3. The van der Waals surface area contributed by atoms with Crippen molar-refractivity contribution < 1.29 is 14.6 Å². The summed E-state index contributed by atoms with van der Waals surface area (Å²) in [6, 6.07) is 19.9. The van der Waals surface area contributed by atoms with Crippen LogP contribution in [0.25, 0.3) is 0 Å². The number of hydrogen-bond acceptors (Lipinski definition) is 4. The number of Topliss-reactive ketones (excluding diaryl/α,β-unsaturated/α-hetero) is 1. The molecule has 5 rings (SSSR count). The maximum atomic E-state index is 13.6. The number of rotatable bonds is 11. The monoisotopic (exact) mass is 583 g/mol. The summed E-state index contributed by atoms with van der Waals surface area (Å²) in [5.74, 6) is 1.10. The summed E-state index contributed by atoms with van der Waals surface area (Å²) in [4.78, 5) is 26.1. The van der Waals surface area contributed by atoms with Crippen molar-refractivity contribution in [3.63, 3.8) is 0 Å². The van der Waals surface area contributed by atoms with Gasteiger partial charge in [0, 0.05) is 30.8 Å². The summed E-state index contributed by atoms with van der Waals surface area (Å²) in [5.41, 5.74) is 3.97. The van der Waals surface area contributed by atoms with Gasteiger partial charge in [0.25, 0.3) is 5.56 Å². The second-order valence-corrected chi connectivity index (χ2v) is 14.3. The molecule has 5 heteroatoms. The molecule has 0 saturated heterocycles. The topological polar surface area (TPSA) is 68.5 Å². The van der Waals surface area contributed by atoms with Crippen LogP contribution >= 0.6 is 0 Å². The van der Waals surface area contributed by atoms with Crippen LogP contribution in [0.4, 0.5) is 0 Å². The van der Waals surface area contributed by atoms with Crippen molar-refractivity contribution in [2.75, 3.05) is 0 Å². The number of aromatic nitrogens is 1. The first kappa shape index (κ1) is 31.3. The van der Waals surface area contributed by atoms with Crippen LogP contribution < -0.4 is 10.3 Å². The first-order valence-corrected chi connectivity index (χ1v) is 16.3. The van der Waals surface area contributed by atoms with Crippen molar-refractivity contribution in [1.29, 1.82) is 0 Å². The standard InChI is InChI=1S/C38H49NO4/c1-5-27-13-17-35-32(22-27)29(24-38(43-35)19-9-10-20-38)14-16-33(40)31(21-28-11-7-6-8-12-28)23-34(41)30-15-18-36(42)39(25-30)26-37(2,3)4/h6-8,11-13,15,17-18,22,25,29,31,33,40H,5,9-10,14,16,19-21,23-24,26H2,1-4H3/t29-,31+,33+/m0/s1. The number of nitrogens with zero attached hydrogens (tertiary/aromatic N) is 1. The minimum Gasteiger partial charge on any atom is -0.487 e. The van der Waals surface area contributed by atoms with Crippen molar-refractivity contribution in [3.05, 3.63) is 99.5 Å². The third kappa shape index (κ3) is 7.86. The van der Waals surface area contributed by atoms with Gasteiger partial charge in [-0.1, -0.05) is 70.2 Å². The summed E-state index contributed by atoms with van der Waals surface area (Å²) in [6.07, 6.45) is 10.0. The summed E-state index contributed by atoms with van der Waals surface area (Å²) >= 11 is 0. The molecule has 5 nitrogen and oxygen atoms in total. The van der Waals surface area contributed by atoms with Gasteiger partial charge in [-0.3, -0.25) is 9.59 Å². The van der Waals surface area contributed by atoms with Gasteiger partial charge in [-0.25, -0.2) is 0 Å². The molecule has 3 atom stereocenters. The Kier molecular flexibility index (Phi) is 9.60. The Morgan fingerprint density at radius 3 is 2.49 bits per heavy atom. The van der Waals surface area contributed by atoms with E-state index in [0.717, 1.165) is 43.4 Å². The number of pyridine rings is 1. The second kappa shape index (κ2) is 13.2. The van der Waals surface area contributed by atoms with Crippen LogP contribution in [0.3, 0.4) is 0 Å². The van der Waals surface area contributed by atoms with Gasteiger partial charge in [-0.15, -0.1) is 0 Å². The number of carbonyl (C=O) groups is 1. The van der Waals surface area contributed by atoms with Crippen molar-refractivity contribution in [1.82, 2.24) is 4.57 Å². The SMILES string of the molecule is CCc1ccc2c(c1)[C@@H](CC[C@@H](O)[C@@H](CC(=O)c1ccc(=O)n(CC(C)(C)C)c1)Cc1ccccc1)CC1(CCCC1)O2. The molecule has 2 aromatic carbocycles. The van der Waals surface area contributed by atoms with E-state index in [1.807, 2.05) is 18.2 Å². The zero-order valence-corrected chi connectivity index (χ0v) is 26.5. The van der Waals surface area contributed by atoms with Crippen LogP contribution in [0, 0.1) is 11.3 Å². The molecule has 1 spiro atoms. The van der Waals surface area contributed by atoms with Gasteiger partial charge < -0.3 is 14.4 Å². The Hall–Kier alpha value is -3.18. The third-order valence-corrected chi connectivity index (χ3v) is 9.48. The lowest BCUT2D eigenvalue weighted by atomic mass is 9.77. The fourth-order valence-corrected chi connectivity index (χ4v) is 7.20. The Morgan fingerprint density at radius 1 is 1.05 bits per heavy atom. The van der Waals surface area contributed by atoms with Gasteiger partial charge in [0.1, 0.15) is 11.4 Å². The number of hydrogen-bond donors (Lipinski definition) is 1. The molecule has 2 heterocycles. The summed E-state index contributed by atoms with van der Waals surface area (Å²) in [5, 5.41) is 11.7. The van der Waals surface area contributed by atoms with E-state index in [0.29, 0.717) is 30.9 Å². The molecular weight excluding hydrogens is 534 g/mol. The number of fused-ring (bicyclic) bond motifs is 1. The number of aryl methyl sites for hydroxylation is 1. The van der Waals surface area contributed by atoms with Crippen LogP contribution in [-0.2, 0) is 19.4 Å². The lowest BCUT2D eigenvalue weighted by Gasteiger charge is -2.40. The Balaban J connectivity index is 1.35. The van der Waals surface area contributed by atoms with E-state index in [1.54, 1.807) is 16.8 Å². The van der Waals surface area contributed by atoms with Gasteiger partial charge in [0.15, 0.2) is 5.78 Å². The van der Waals surface area contributed by atoms with Crippen molar-refractivity contribution in [3.8, 4) is 5.75 Å². The molecule has 0 bridgehead atoms. The molecule has 1 aliphatic carbocycles. The van der Waals surface area contributed by atoms with Crippen LogP contribution in [0.2, 0.25) is 0 Å². The molecule has 1 saturated carbocycles. The normalized spacial score (nSPS) is 19.0. The highest BCUT2D eigenvalue weighted by Gasteiger charge is 2.43. The van der Waals surface area contributed by atoms with Gasteiger partial charge in [-0.05, 0) is 104 Å². The maximum Gasteiger partial charge on any atom is 0.250 e. The van der Waals surface area contributed by atoms with E-state index in [4.69, 9.17) is 4.74 Å². The summed E-state index contributed by atoms with van der Waals surface area (Å²) in [6.45, 7) is 8.96. The molecule has 0 amide bonds. The molecule has 1 fully saturated rings. The number of ether oxygens (including phenoxy) is 1. The van der Waals surface area contributed by atoms with E-state index in [1.165, 1.54) is 30.0 Å². The predicted molar refractivity (Wildman–Crippen MR) is 173 cm³/mol. The molecule has 2 aliphatic rings. The second-order valence-electron chi connectivity index (χ2n) is 14.3. The fraction of sp³-hybridized carbons (Fsp3) is 0.526. The Labute approximate surface area is 257 Å². The average Bonchev–Trinajstić information content (AvgIpc) is 3.43. The zero-order valence-electron chi connectivity index (χ0n) is 26.5. The number of aliphatic hydroxyl groups excluding tert-OH is 1. The van der Waals surface area contributed by atoms with Crippen LogP contribution in [-0.4, -0.2) is 27.2 Å². The summed E-state index contributed by atoms with van der Waals surface area (Å²) in [7, 11) is 0. The number of carbonyl (C=O) groups excluding carboxylic acids is 1. The van der Waals surface area contributed by atoms with Gasteiger partial charge in [0.2, 0.25) is 0 Å². The van der Waals surface area contributed by atoms with Gasteiger partial charge in [0.05, 0.1) is 6.10 Å². The maximum absolute atomic E-state index is 13.6. The van der Waals surface area contributed by atoms with Crippen LogP contribution in [0.15, 0.2) is 71.7 Å². The van der Waals surface area contributed by atoms with Gasteiger partial charge in [-0.2, -0.15) is 0 Å². The molecule has 0 radical (unpaired) electrons. The summed E-state index contributed by atoms with van der Waals surface area (Å²) < 4.78 is 8.30. The number of aliphatic hydroxyl groups is 1. The van der Waals surface area contributed by atoms with Crippen molar-refractivity contribution in [2.45, 2.75) is 116 Å². The molecule has 1 N–H and O–H groups in total. The van der Waals surface area contributed by atoms with Crippen molar-refractivity contribution >= 4 is 5.78 Å². The Bertz CT molecular complexity index is 1440. The molecular formula is C38H49NO4. The molecule has 0 unspecified atom stereocenters. The fourth-order valence-electron chi connectivity index (χ4n) is 7.20. The Morgan fingerprint density at radius 2 is 1.79 bits per heavy atom. The third-order valence-electron chi connectivity index (χ3n) is 9.48. The average molecular weight is 584 g/mol. The predicted octanol–water partition coefficient (Wildman–Crippen LogP) is 7.91. The molecule has 230 valence electrons. The lowest BCUT2D eigenvalue weighted by Crippen LogP contribution is -2.38. The smallest absolute Gasteiger partial charge is 0.250 e. The highest BCUT2D eigenvalue weighted by Crippen LogP contribution is 2.50. The number of benzene rings is 2. The van der Waals surface area contributed by atoms with E-state index in [-0.39, 0.29) is 34.7 Å². The van der Waals surface area contributed by atoms with Crippen LogP contribution in [0.1, 0.15) is 112 Å². The quantitative estimate of drug-likeness (QED) is 0.233.